The van der Waals surface area contributed by atoms with Gasteiger partial charge >= 0.3 is 6.18 Å². The summed E-state index contributed by atoms with van der Waals surface area (Å²) >= 11 is 12.3. The molecule has 0 bridgehead atoms. The smallest absolute Gasteiger partial charge is 0.418 e. The topological polar surface area (TPSA) is 38.3 Å². The first kappa shape index (κ1) is 22.4. The standard InChI is InChI=1S/C20H20Cl2F3NO2/c1-2-3-4-7-10-28-18-15(21)11-13(12-16(18)22)19(27)26-17-9-6-5-8-14(17)20(23,24)25/h5-6,8-9,11-12H,2-4,7,10H2,1H3,(H,26,27). The van der Waals surface area contributed by atoms with E-state index in [4.69, 9.17) is 27.9 Å². The lowest BCUT2D eigenvalue weighted by Gasteiger charge is -2.15. The van der Waals surface area contributed by atoms with E-state index in [-0.39, 0.29) is 27.0 Å². The summed E-state index contributed by atoms with van der Waals surface area (Å²) < 4.78 is 44.8. The zero-order valence-electron chi connectivity index (χ0n) is 15.2. The normalized spacial score (nSPS) is 11.4. The molecule has 152 valence electrons. The number of alkyl halides is 3. The van der Waals surface area contributed by atoms with Gasteiger partial charge in [-0.3, -0.25) is 4.79 Å². The molecule has 2 aromatic rings. The minimum Gasteiger partial charge on any atom is -0.490 e. The molecule has 0 spiro atoms. The van der Waals surface area contributed by atoms with E-state index in [1.807, 2.05) is 0 Å². The van der Waals surface area contributed by atoms with Crippen molar-refractivity contribution in [3.63, 3.8) is 0 Å². The Kier molecular flexibility index (Phi) is 8.01. The SMILES string of the molecule is CCCCCCOc1c(Cl)cc(C(=O)Nc2ccccc2C(F)(F)F)cc1Cl. The van der Waals surface area contributed by atoms with Crippen LogP contribution in [0.3, 0.4) is 0 Å². The highest BCUT2D eigenvalue weighted by molar-refractivity contribution is 6.37. The van der Waals surface area contributed by atoms with Gasteiger partial charge in [-0.05, 0) is 30.7 Å². The molecule has 3 nitrogen and oxygen atoms in total. The molecule has 0 saturated carbocycles. The molecule has 0 heterocycles. The van der Waals surface area contributed by atoms with Gasteiger partial charge in [0.25, 0.3) is 5.91 Å². The molecule has 0 saturated heterocycles. The zero-order chi connectivity index (χ0) is 20.7. The summed E-state index contributed by atoms with van der Waals surface area (Å²) in [6, 6.07) is 7.36. The molecule has 0 aliphatic rings. The number of anilines is 1. The van der Waals surface area contributed by atoms with Crippen LogP contribution in [0.5, 0.6) is 5.75 Å². The van der Waals surface area contributed by atoms with Crippen LogP contribution in [0.1, 0.15) is 48.5 Å². The molecule has 0 aliphatic carbocycles. The average molecular weight is 434 g/mol. The minimum absolute atomic E-state index is 0.0327. The highest BCUT2D eigenvalue weighted by atomic mass is 35.5. The van der Waals surface area contributed by atoms with Gasteiger partial charge in [0.2, 0.25) is 0 Å². The Morgan fingerprint density at radius 1 is 1.07 bits per heavy atom. The quantitative estimate of drug-likeness (QED) is 0.446. The fraction of sp³-hybridized carbons (Fsp3) is 0.350. The molecule has 28 heavy (non-hydrogen) atoms. The first-order valence-corrected chi connectivity index (χ1v) is 9.59. The number of nitrogens with one attached hydrogen (secondary N) is 1. The number of para-hydroxylation sites is 1. The lowest BCUT2D eigenvalue weighted by molar-refractivity contribution is -0.136. The number of ether oxygens (including phenoxy) is 1. The predicted octanol–water partition coefficient (Wildman–Crippen LogP) is 7.22. The van der Waals surface area contributed by atoms with Crippen LogP contribution in [0.2, 0.25) is 10.0 Å². The molecule has 2 aromatic carbocycles. The van der Waals surface area contributed by atoms with Crippen molar-refractivity contribution in [1.82, 2.24) is 0 Å². The van der Waals surface area contributed by atoms with E-state index in [0.717, 1.165) is 31.7 Å². The molecule has 1 N–H and O–H groups in total. The molecule has 0 aliphatic heterocycles. The molecule has 0 fully saturated rings. The fourth-order valence-corrected chi connectivity index (χ4v) is 3.16. The molecule has 0 unspecified atom stereocenters. The number of amides is 1. The number of rotatable bonds is 8. The average Bonchev–Trinajstić information content (AvgIpc) is 2.62. The number of hydrogen-bond acceptors (Lipinski definition) is 2. The summed E-state index contributed by atoms with van der Waals surface area (Å²) in [7, 11) is 0. The summed E-state index contributed by atoms with van der Waals surface area (Å²) in [6.45, 7) is 2.54. The van der Waals surface area contributed by atoms with Crippen LogP contribution in [0.4, 0.5) is 18.9 Å². The number of carbonyl (C=O) groups is 1. The second-order valence-electron chi connectivity index (χ2n) is 6.18. The third-order valence-electron chi connectivity index (χ3n) is 3.99. The molecule has 0 aromatic heterocycles. The molecule has 0 atom stereocenters. The van der Waals surface area contributed by atoms with Crippen LogP contribution in [0.25, 0.3) is 0 Å². The number of hydrogen-bond donors (Lipinski definition) is 1. The van der Waals surface area contributed by atoms with Crippen molar-refractivity contribution in [2.45, 2.75) is 38.8 Å². The highest BCUT2D eigenvalue weighted by Gasteiger charge is 2.33. The number of halogens is 5. The van der Waals surface area contributed by atoms with Gasteiger partial charge in [0, 0.05) is 5.56 Å². The summed E-state index contributed by atoms with van der Waals surface area (Å²) in [6.07, 6.45) is -0.525. The van der Waals surface area contributed by atoms with Crippen LogP contribution in [0.15, 0.2) is 36.4 Å². The fourth-order valence-electron chi connectivity index (χ4n) is 2.57. The molecule has 0 radical (unpaired) electrons. The van der Waals surface area contributed by atoms with E-state index in [2.05, 4.69) is 12.2 Å². The second kappa shape index (κ2) is 10.0. The monoisotopic (exact) mass is 433 g/mol. The van der Waals surface area contributed by atoms with Gasteiger partial charge < -0.3 is 10.1 Å². The van der Waals surface area contributed by atoms with Crippen molar-refractivity contribution in [3.8, 4) is 5.75 Å². The molecular weight excluding hydrogens is 414 g/mol. The maximum Gasteiger partial charge on any atom is 0.418 e. The highest BCUT2D eigenvalue weighted by Crippen LogP contribution is 2.36. The molecule has 1 amide bonds. The van der Waals surface area contributed by atoms with Crippen molar-refractivity contribution in [3.05, 3.63) is 57.6 Å². The molecule has 2 rings (SSSR count). The predicted molar refractivity (Wildman–Crippen MR) is 105 cm³/mol. The number of unbranched alkanes of at least 4 members (excludes halogenated alkanes) is 3. The van der Waals surface area contributed by atoms with Crippen molar-refractivity contribution >= 4 is 34.8 Å². The summed E-state index contributed by atoms with van der Waals surface area (Å²) in [5.41, 5.74) is -1.25. The third kappa shape index (κ3) is 6.04. The van der Waals surface area contributed by atoms with Gasteiger partial charge in [-0.15, -0.1) is 0 Å². The Morgan fingerprint density at radius 2 is 1.71 bits per heavy atom. The summed E-state index contributed by atoms with van der Waals surface area (Å²) in [5.74, 6) is -0.498. The second-order valence-corrected chi connectivity index (χ2v) is 6.99. The van der Waals surface area contributed by atoms with Gasteiger partial charge in [0.15, 0.2) is 5.75 Å². The van der Waals surface area contributed by atoms with E-state index >= 15 is 0 Å². The molecular formula is C20H20Cl2F3NO2. The Morgan fingerprint density at radius 3 is 2.32 bits per heavy atom. The van der Waals surface area contributed by atoms with Crippen LogP contribution >= 0.6 is 23.2 Å². The van der Waals surface area contributed by atoms with Gasteiger partial charge in [-0.2, -0.15) is 13.2 Å². The number of carbonyl (C=O) groups excluding carboxylic acids is 1. The largest absolute Gasteiger partial charge is 0.490 e. The maximum absolute atomic E-state index is 13.1. The first-order valence-electron chi connectivity index (χ1n) is 8.83. The van der Waals surface area contributed by atoms with E-state index in [0.29, 0.717) is 6.61 Å². The summed E-state index contributed by atoms with van der Waals surface area (Å²) in [5, 5.41) is 2.50. The van der Waals surface area contributed by atoms with Crippen LogP contribution < -0.4 is 10.1 Å². The van der Waals surface area contributed by atoms with Crippen molar-refractivity contribution in [2.75, 3.05) is 11.9 Å². The Hall–Kier alpha value is -1.92. The molecule has 8 heteroatoms. The Labute approximate surface area is 171 Å². The first-order chi connectivity index (χ1) is 13.2. The number of benzene rings is 2. The third-order valence-corrected chi connectivity index (χ3v) is 4.55. The minimum atomic E-state index is -4.59. The summed E-state index contributed by atoms with van der Waals surface area (Å²) in [4.78, 5) is 12.4. The van der Waals surface area contributed by atoms with E-state index in [1.165, 1.54) is 30.3 Å². The Bertz CT molecular complexity index is 802. The van der Waals surface area contributed by atoms with Crippen LogP contribution in [-0.4, -0.2) is 12.5 Å². The van der Waals surface area contributed by atoms with E-state index in [9.17, 15) is 18.0 Å². The van der Waals surface area contributed by atoms with Crippen molar-refractivity contribution < 1.29 is 22.7 Å². The van der Waals surface area contributed by atoms with Crippen LogP contribution in [0, 0.1) is 0 Å². The lowest BCUT2D eigenvalue weighted by Crippen LogP contribution is -2.16. The van der Waals surface area contributed by atoms with E-state index < -0.39 is 17.6 Å². The lowest BCUT2D eigenvalue weighted by atomic mass is 10.1. The van der Waals surface area contributed by atoms with Gasteiger partial charge in [0.1, 0.15) is 0 Å². The maximum atomic E-state index is 13.1. The van der Waals surface area contributed by atoms with Crippen molar-refractivity contribution in [2.24, 2.45) is 0 Å². The van der Waals surface area contributed by atoms with Gasteiger partial charge in [0.05, 0.1) is 27.9 Å². The van der Waals surface area contributed by atoms with Gasteiger partial charge in [-0.25, -0.2) is 0 Å². The van der Waals surface area contributed by atoms with Crippen LogP contribution in [-0.2, 0) is 6.18 Å². The van der Waals surface area contributed by atoms with E-state index in [1.54, 1.807) is 0 Å². The Balaban J connectivity index is 2.13. The van der Waals surface area contributed by atoms with Crippen molar-refractivity contribution in [1.29, 1.82) is 0 Å². The van der Waals surface area contributed by atoms with Gasteiger partial charge in [-0.1, -0.05) is 61.5 Å². The zero-order valence-corrected chi connectivity index (χ0v) is 16.7.